The lowest BCUT2D eigenvalue weighted by atomic mass is 9.87. The van der Waals surface area contributed by atoms with Crippen molar-refractivity contribution in [1.82, 2.24) is 15.2 Å². The SMILES string of the molecule is CCCNC(=O)c1csc(COc2ccc3c(c2)C(c2ccc(C)cc2)N(C(=O)C2CC2)CC3)n1. The van der Waals surface area contributed by atoms with Crippen LogP contribution in [0, 0.1) is 12.8 Å². The Bertz CT molecular complexity index is 1220. The van der Waals surface area contributed by atoms with Crippen LogP contribution in [0.25, 0.3) is 0 Å². The smallest absolute Gasteiger partial charge is 0.270 e. The van der Waals surface area contributed by atoms with Crippen molar-refractivity contribution in [2.75, 3.05) is 13.1 Å². The van der Waals surface area contributed by atoms with E-state index in [1.807, 2.05) is 13.0 Å². The van der Waals surface area contributed by atoms with Gasteiger partial charge in [-0.15, -0.1) is 11.3 Å². The Morgan fingerprint density at radius 3 is 2.71 bits per heavy atom. The summed E-state index contributed by atoms with van der Waals surface area (Å²) in [5.41, 5.74) is 5.15. The number of carbonyl (C=O) groups is 2. The molecule has 2 aliphatic rings. The van der Waals surface area contributed by atoms with Gasteiger partial charge in [-0.2, -0.15) is 0 Å². The summed E-state index contributed by atoms with van der Waals surface area (Å²) in [4.78, 5) is 31.8. The Balaban J connectivity index is 1.37. The van der Waals surface area contributed by atoms with Gasteiger partial charge >= 0.3 is 0 Å². The summed E-state index contributed by atoms with van der Waals surface area (Å²) < 4.78 is 6.10. The fraction of sp³-hybridized carbons (Fsp3) is 0.393. The molecule has 0 saturated heterocycles. The molecule has 1 aliphatic carbocycles. The van der Waals surface area contributed by atoms with Crippen LogP contribution < -0.4 is 10.1 Å². The van der Waals surface area contributed by atoms with E-state index in [0.717, 1.165) is 54.1 Å². The van der Waals surface area contributed by atoms with E-state index >= 15 is 0 Å². The quantitative estimate of drug-likeness (QED) is 0.480. The zero-order chi connectivity index (χ0) is 24.4. The summed E-state index contributed by atoms with van der Waals surface area (Å²) in [6.07, 6.45) is 3.73. The first kappa shape index (κ1) is 23.5. The first-order chi connectivity index (χ1) is 17.0. The zero-order valence-corrected chi connectivity index (χ0v) is 21.1. The standard InChI is InChI=1S/C28H31N3O3S/c1-3-13-29-27(32)24-17-35-25(30-24)16-34-22-11-10-19-12-14-31(28(33)21-8-9-21)26(23(19)15-22)20-6-4-18(2)5-7-20/h4-7,10-11,15,17,21,26H,3,8-9,12-14,16H2,1-2H3,(H,29,32). The normalized spacial score (nSPS) is 17.1. The minimum atomic E-state index is -0.149. The first-order valence-corrected chi connectivity index (χ1v) is 13.3. The summed E-state index contributed by atoms with van der Waals surface area (Å²) in [6.45, 7) is 5.77. The Kier molecular flexibility index (Phi) is 6.86. The van der Waals surface area contributed by atoms with Crippen LogP contribution in [0.3, 0.4) is 0 Å². The van der Waals surface area contributed by atoms with Gasteiger partial charge in [-0.1, -0.05) is 42.8 Å². The van der Waals surface area contributed by atoms with Crippen LogP contribution in [0.1, 0.15) is 70.0 Å². The van der Waals surface area contributed by atoms with Crippen LogP contribution in [0.4, 0.5) is 0 Å². The highest BCUT2D eigenvalue weighted by molar-refractivity contribution is 7.09. The van der Waals surface area contributed by atoms with E-state index in [-0.39, 0.29) is 23.8 Å². The third kappa shape index (κ3) is 5.25. The Morgan fingerprint density at radius 2 is 1.97 bits per heavy atom. The van der Waals surface area contributed by atoms with E-state index in [1.165, 1.54) is 22.5 Å². The van der Waals surface area contributed by atoms with E-state index in [2.05, 4.69) is 58.5 Å². The van der Waals surface area contributed by atoms with Crippen molar-refractivity contribution >= 4 is 23.2 Å². The molecule has 5 rings (SSSR count). The van der Waals surface area contributed by atoms with Gasteiger partial charge in [0.15, 0.2) is 0 Å². The number of hydrogen-bond donors (Lipinski definition) is 1. The monoisotopic (exact) mass is 489 g/mol. The molecule has 182 valence electrons. The average Bonchev–Trinajstić information content (AvgIpc) is 3.62. The first-order valence-electron chi connectivity index (χ1n) is 12.4. The van der Waals surface area contributed by atoms with Crippen LogP contribution >= 0.6 is 11.3 Å². The molecule has 1 atom stereocenters. The van der Waals surface area contributed by atoms with Gasteiger partial charge < -0.3 is 15.0 Å². The Hall–Kier alpha value is -3.19. The second kappa shape index (κ2) is 10.2. The molecule has 7 heteroatoms. The second-order valence-electron chi connectivity index (χ2n) is 9.40. The van der Waals surface area contributed by atoms with Crippen LogP contribution in [-0.2, 0) is 17.8 Å². The van der Waals surface area contributed by atoms with Crippen molar-refractivity contribution in [1.29, 1.82) is 0 Å². The van der Waals surface area contributed by atoms with Crippen molar-refractivity contribution in [3.63, 3.8) is 0 Å². The molecule has 0 spiro atoms. The molecule has 0 bridgehead atoms. The number of amides is 2. The van der Waals surface area contributed by atoms with Gasteiger partial charge in [0, 0.05) is 24.4 Å². The molecule has 2 aromatic carbocycles. The highest BCUT2D eigenvalue weighted by Gasteiger charge is 2.39. The number of carbonyl (C=O) groups excluding carboxylic acids is 2. The molecule has 1 aromatic heterocycles. The van der Waals surface area contributed by atoms with Crippen LogP contribution in [0.5, 0.6) is 5.75 Å². The molecule has 35 heavy (non-hydrogen) atoms. The van der Waals surface area contributed by atoms with E-state index in [9.17, 15) is 9.59 Å². The van der Waals surface area contributed by atoms with Gasteiger partial charge in [0.1, 0.15) is 23.1 Å². The van der Waals surface area contributed by atoms with Crippen molar-refractivity contribution in [3.8, 4) is 5.75 Å². The maximum Gasteiger partial charge on any atom is 0.270 e. The minimum absolute atomic E-state index is 0.107. The summed E-state index contributed by atoms with van der Waals surface area (Å²) in [5, 5.41) is 5.38. The Morgan fingerprint density at radius 1 is 1.17 bits per heavy atom. The summed E-state index contributed by atoms with van der Waals surface area (Å²) >= 11 is 1.42. The minimum Gasteiger partial charge on any atom is -0.486 e. The van der Waals surface area contributed by atoms with E-state index in [0.29, 0.717) is 18.8 Å². The molecule has 1 unspecified atom stereocenters. The van der Waals surface area contributed by atoms with Crippen LogP contribution in [0.15, 0.2) is 47.8 Å². The number of aryl methyl sites for hydroxylation is 1. The molecule has 0 radical (unpaired) electrons. The third-order valence-corrected chi connectivity index (χ3v) is 7.45. The lowest BCUT2D eigenvalue weighted by Crippen LogP contribution is -2.41. The van der Waals surface area contributed by atoms with Crippen molar-refractivity contribution in [3.05, 3.63) is 80.8 Å². The van der Waals surface area contributed by atoms with Gasteiger partial charge in [-0.05, 0) is 61.4 Å². The molecule has 1 aliphatic heterocycles. The van der Waals surface area contributed by atoms with Crippen LogP contribution in [-0.4, -0.2) is 34.8 Å². The van der Waals surface area contributed by atoms with E-state index in [1.54, 1.807) is 5.38 Å². The van der Waals surface area contributed by atoms with Gasteiger partial charge in [-0.25, -0.2) is 4.98 Å². The Labute approximate surface area is 210 Å². The molecule has 6 nitrogen and oxygen atoms in total. The van der Waals surface area contributed by atoms with Gasteiger partial charge in [0.2, 0.25) is 5.91 Å². The number of benzene rings is 2. The highest BCUT2D eigenvalue weighted by atomic mass is 32.1. The zero-order valence-electron chi connectivity index (χ0n) is 20.3. The maximum atomic E-state index is 13.2. The lowest BCUT2D eigenvalue weighted by molar-refractivity contribution is -0.134. The highest BCUT2D eigenvalue weighted by Crippen LogP contribution is 2.41. The van der Waals surface area contributed by atoms with Crippen LogP contribution in [0.2, 0.25) is 0 Å². The molecule has 2 amide bonds. The largest absolute Gasteiger partial charge is 0.486 e. The predicted octanol–water partition coefficient (Wildman–Crippen LogP) is 5.05. The number of nitrogens with zero attached hydrogens (tertiary/aromatic N) is 2. The number of fused-ring (bicyclic) bond motifs is 1. The fourth-order valence-corrected chi connectivity index (χ4v) is 5.23. The third-order valence-electron chi connectivity index (χ3n) is 6.63. The van der Waals surface area contributed by atoms with Gasteiger partial charge in [0.25, 0.3) is 5.91 Å². The summed E-state index contributed by atoms with van der Waals surface area (Å²) in [5.74, 6) is 1.04. The van der Waals surface area contributed by atoms with Crippen molar-refractivity contribution in [2.24, 2.45) is 5.92 Å². The van der Waals surface area contributed by atoms with E-state index < -0.39 is 0 Å². The van der Waals surface area contributed by atoms with Crippen molar-refractivity contribution in [2.45, 2.75) is 52.2 Å². The number of nitrogens with one attached hydrogen (secondary N) is 1. The molecule has 2 heterocycles. The number of thiazole rings is 1. The lowest BCUT2D eigenvalue weighted by Gasteiger charge is -2.38. The molecule has 1 saturated carbocycles. The molecule has 3 aromatic rings. The molecule has 1 N–H and O–H groups in total. The molecular weight excluding hydrogens is 458 g/mol. The second-order valence-corrected chi connectivity index (χ2v) is 10.3. The summed E-state index contributed by atoms with van der Waals surface area (Å²) in [6, 6.07) is 14.6. The molecular formula is C28H31N3O3S. The molecule has 1 fully saturated rings. The van der Waals surface area contributed by atoms with Crippen molar-refractivity contribution < 1.29 is 14.3 Å². The number of ether oxygens (including phenoxy) is 1. The number of aromatic nitrogens is 1. The average molecular weight is 490 g/mol. The number of rotatable bonds is 8. The topological polar surface area (TPSA) is 71.5 Å². The van der Waals surface area contributed by atoms with Gasteiger partial charge in [0.05, 0.1) is 6.04 Å². The maximum absolute atomic E-state index is 13.2. The van der Waals surface area contributed by atoms with E-state index in [4.69, 9.17) is 4.74 Å². The fourth-order valence-electron chi connectivity index (χ4n) is 4.55. The van der Waals surface area contributed by atoms with Gasteiger partial charge in [-0.3, -0.25) is 9.59 Å². The summed E-state index contributed by atoms with van der Waals surface area (Å²) in [7, 11) is 0. The number of hydrogen-bond acceptors (Lipinski definition) is 5. The predicted molar refractivity (Wildman–Crippen MR) is 137 cm³/mol.